The second kappa shape index (κ2) is 6.22. The summed E-state index contributed by atoms with van der Waals surface area (Å²) >= 11 is 9.95. The highest BCUT2D eigenvalue weighted by atomic mass is 35.5. The Kier molecular flexibility index (Phi) is 4.36. The van der Waals surface area contributed by atoms with Crippen molar-refractivity contribution in [1.82, 2.24) is 10.3 Å². The van der Waals surface area contributed by atoms with E-state index in [9.17, 15) is 0 Å². The third kappa shape index (κ3) is 2.88. The summed E-state index contributed by atoms with van der Waals surface area (Å²) in [7, 11) is 0. The van der Waals surface area contributed by atoms with Crippen molar-refractivity contribution in [3.63, 3.8) is 0 Å². The highest BCUT2D eigenvalue weighted by molar-refractivity contribution is 7.19. The number of thiazole rings is 1. The van der Waals surface area contributed by atoms with Gasteiger partial charge < -0.3 is 5.32 Å². The van der Waals surface area contributed by atoms with Gasteiger partial charge in [-0.2, -0.15) is 0 Å². The van der Waals surface area contributed by atoms with Gasteiger partial charge in [-0.15, -0.1) is 22.7 Å². The van der Waals surface area contributed by atoms with Crippen molar-refractivity contribution in [2.75, 3.05) is 0 Å². The van der Waals surface area contributed by atoms with Gasteiger partial charge in [-0.05, 0) is 12.5 Å². The van der Waals surface area contributed by atoms with E-state index in [1.165, 1.54) is 14.5 Å². The molecule has 2 nitrogen and oxygen atoms in total. The highest BCUT2D eigenvalue weighted by Gasteiger charge is 2.09. The summed E-state index contributed by atoms with van der Waals surface area (Å²) in [5, 5.41) is 6.60. The van der Waals surface area contributed by atoms with Crippen molar-refractivity contribution >= 4 is 44.4 Å². The smallest absolute Gasteiger partial charge is 0.107 e. The lowest BCUT2D eigenvalue weighted by atomic mass is 10.2. The number of hydrogen-bond donors (Lipinski definition) is 1. The molecule has 2 heterocycles. The number of rotatable bonds is 5. The molecular weight excluding hydrogens is 308 g/mol. The van der Waals surface area contributed by atoms with E-state index < -0.39 is 0 Å². The second-order valence-electron chi connectivity index (χ2n) is 4.51. The average molecular weight is 323 g/mol. The second-order valence-corrected chi connectivity index (χ2v) is 7.23. The number of aryl methyl sites for hydroxylation is 1. The summed E-state index contributed by atoms with van der Waals surface area (Å²) in [4.78, 5) is 6.94. The Hall–Kier alpha value is -0.940. The fourth-order valence-electron chi connectivity index (χ4n) is 2.05. The van der Waals surface area contributed by atoms with Gasteiger partial charge in [-0.25, -0.2) is 4.98 Å². The van der Waals surface area contributed by atoms with E-state index in [2.05, 4.69) is 29.4 Å². The van der Waals surface area contributed by atoms with Gasteiger partial charge in [0, 0.05) is 39.1 Å². The van der Waals surface area contributed by atoms with Crippen LogP contribution < -0.4 is 5.32 Å². The number of aromatic nitrogens is 1. The minimum atomic E-state index is 0.791. The molecule has 0 amide bonds. The number of thiophene rings is 1. The zero-order valence-electron chi connectivity index (χ0n) is 11.1. The van der Waals surface area contributed by atoms with Crippen molar-refractivity contribution in [3.05, 3.63) is 50.2 Å². The minimum Gasteiger partial charge on any atom is -0.305 e. The van der Waals surface area contributed by atoms with E-state index in [1.54, 1.807) is 22.7 Å². The van der Waals surface area contributed by atoms with Crippen LogP contribution in [-0.4, -0.2) is 4.98 Å². The predicted molar refractivity (Wildman–Crippen MR) is 88.9 cm³/mol. The van der Waals surface area contributed by atoms with Gasteiger partial charge in [-0.3, -0.25) is 0 Å². The van der Waals surface area contributed by atoms with E-state index in [1.807, 2.05) is 18.3 Å². The van der Waals surface area contributed by atoms with Crippen LogP contribution in [0.1, 0.15) is 21.7 Å². The molecule has 3 rings (SSSR count). The lowest BCUT2D eigenvalue weighted by Crippen LogP contribution is -2.11. The lowest BCUT2D eigenvalue weighted by molar-refractivity contribution is 0.697. The maximum Gasteiger partial charge on any atom is 0.107 e. The molecule has 104 valence electrons. The molecule has 0 aliphatic carbocycles. The molecule has 3 aromatic rings. The Bertz CT molecular complexity index is 718. The fourth-order valence-corrected chi connectivity index (χ4v) is 4.36. The van der Waals surface area contributed by atoms with Crippen LogP contribution in [0.3, 0.4) is 0 Å². The Morgan fingerprint density at radius 3 is 2.80 bits per heavy atom. The van der Waals surface area contributed by atoms with Gasteiger partial charge in [0.1, 0.15) is 5.01 Å². The molecule has 2 aromatic heterocycles. The third-order valence-corrected chi connectivity index (χ3v) is 5.97. The van der Waals surface area contributed by atoms with E-state index >= 15 is 0 Å². The largest absolute Gasteiger partial charge is 0.305 e. The van der Waals surface area contributed by atoms with Crippen LogP contribution in [0.2, 0.25) is 5.02 Å². The van der Waals surface area contributed by atoms with Crippen molar-refractivity contribution in [3.8, 4) is 0 Å². The molecule has 20 heavy (non-hydrogen) atoms. The lowest BCUT2D eigenvalue weighted by Gasteiger charge is -2.00. The van der Waals surface area contributed by atoms with Crippen LogP contribution >= 0.6 is 34.3 Å². The highest BCUT2D eigenvalue weighted by Crippen LogP contribution is 2.34. The molecule has 0 unspecified atom stereocenters. The fraction of sp³-hybridized carbons (Fsp3) is 0.267. The quantitative estimate of drug-likeness (QED) is 0.725. The van der Waals surface area contributed by atoms with Crippen LogP contribution in [-0.2, 0) is 19.5 Å². The van der Waals surface area contributed by atoms with E-state index in [4.69, 9.17) is 11.6 Å². The molecule has 5 heteroatoms. The van der Waals surface area contributed by atoms with Crippen LogP contribution in [0, 0.1) is 0 Å². The van der Waals surface area contributed by atoms with Gasteiger partial charge in [-0.1, -0.05) is 36.7 Å². The Morgan fingerprint density at radius 2 is 2.05 bits per heavy atom. The SMILES string of the molecule is CCc1cnc(CNCc2sc3ccccc3c2Cl)s1. The number of nitrogens with one attached hydrogen (secondary N) is 1. The summed E-state index contributed by atoms with van der Waals surface area (Å²) < 4.78 is 1.25. The van der Waals surface area contributed by atoms with E-state index in [-0.39, 0.29) is 0 Å². The summed E-state index contributed by atoms with van der Waals surface area (Å²) in [6.07, 6.45) is 3.02. The van der Waals surface area contributed by atoms with Crippen molar-refractivity contribution in [2.45, 2.75) is 26.4 Å². The maximum atomic E-state index is 6.42. The first-order valence-corrected chi connectivity index (χ1v) is 8.59. The van der Waals surface area contributed by atoms with Crippen LogP contribution in [0.4, 0.5) is 0 Å². The summed E-state index contributed by atoms with van der Waals surface area (Å²) in [6, 6.07) is 8.27. The minimum absolute atomic E-state index is 0.791. The molecule has 0 spiro atoms. The normalized spacial score (nSPS) is 11.3. The molecule has 0 saturated carbocycles. The van der Waals surface area contributed by atoms with Gasteiger partial charge >= 0.3 is 0 Å². The number of nitrogens with zero attached hydrogens (tertiary/aromatic N) is 1. The first-order valence-electron chi connectivity index (χ1n) is 6.58. The first-order chi connectivity index (χ1) is 9.78. The first kappa shape index (κ1) is 14.0. The number of fused-ring (bicyclic) bond motifs is 1. The zero-order valence-corrected chi connectivity index (χ0v) is 13.5. The molecule has 1 aromatic carbocycles. The molecule has 0 saturated heterocycles. The van der Waals surface area contributed by atoms with Crippen LogP contribution in [0.25, 0.3) is 10.1 Å². The Balaban J connectivity index is 1.66. The van der Waals surface area contributed by atoms with E-state index in [0.29, 0.717) is 0 Å². The Labute approximate surface area is 131 Å². The van der Waals surface area contributed by atoms with Crippen LogP contribution in [0.5, 0.6) is 0 Å². The average Bonchev–Trinajstić information content (AvgIpc) is 3.05. The standard InChI is InChI=1S/C15H15ClN2S2/c1-2-10-7-18-14(19-10)9-17-8-13-15(16)11-5-3-4-6-12(11)20-13/h3-7,17H,2,8-9H2,1H3. The summed E-state index contributed by atoms with van der Waals surface area (Å²) in [5.41, 5.74) is 0. The number of benzene rings is 1. The number of halogens is 1. The molecule has 0 fully saturated rings. The van der Waals surface area contributed by atoms with Gasteiger partial charge in [0.15, 0.2) is 0 Å². The maximum absolute atomic E-state index is 6.42. The predicted octanol–water partition coefficient (Wildman–Crippen LogP) is 4.86. The monoisotopic (exact) mass is 322 g/mol. The van der Waals surface area contributed by atoms with Crippen LogP contribution in [0.15, 0.2) is 30.5 Å². The molecule has 0 bridgehead atoms. The molecule has 0 atom stereocenters. The van der Waals surface area contributed by atoms with Crippen molar-refractivity contribution < 1.29 is 0 Å². The van der Waals surface area contributed by atoms with Gasteiger partial charge in [0.2, 0.25) is 0 Å². The summed E-state index contributed by atoms with van der Waals surface area (Å²) in [6.45, 7) is 3.75. The molecular formula is C15H15ClN2S2. The third-order valence-electron chi connectivity index (χ3n) is 3.11. The topological polar surface area (TPSA) is 24.9 Å². The van der Waals surface area contributed by atoms with Crippen molar-refractivity contribution in [2.24, 2.45) is 0 Å². The Morgan fingerprint density at radius 1 is 1.20 bits per heavy atom. The zero-order chi connectivity index (χ0) is 13.9. The molecule has 1 N–H and O–H groups in total. The van der Waals surface area contributed by atoms with Gasteiger partial charge in [0.25, 0.3) is 0 Å². The molecule has 0 radical (unpaired) electrons. The molecule has 0 aliphatic rings. The van der Waals surface area contributed by atoms with Crippen molar-refractivity contribution in [1.29, 1.82) is 0 Å². The number of hydrogen-bond acceptors (Lipinski definition) is 4. The van der Waals surface area contributed by atoms with Gasteiger partial charge in [0.05, 0.1) is 5.02 Å². The summed E-state index contributed by atoms with van der Waals surface area (Å²) in [5.74, 6) is 0. The van der Waals surface area contributed by atoms with E-state index in [0.717, 1.165) is 34.9 Å². The molecule has 0 aliphatic heterocycles.